The van der Waals surface area contributed by atoms with Crippen LogP contribution in [0, 0.1) is 13.8 Å². The molecule has 0 heterocycles. The summed E-state index contributed by atoms with van der Waals surface area (Å²) >= 11 is 3.41. The molecule has 0 aliphatic rings. The number of nitrogens with one attached hydrogen (secondary N) is 1. The van der Waals surface area contributed by atoms with Crippen LogP contribution in [0.3, 0.4) is 0 Å². The van der Waals surface area contributed by atoms with E-state index >= 15 is 0 Å². The van der Waals surface area contributed by atoms with Crippen molar-refractivity contribution >= 4 is 21.8 Å². The van der Waals surface area contributed by atoms with E-state index in [1.54, 1.807) is 7.11 Å². The molecule has 1 amide bonds. The first kappa shape index (κ1) is 17.3. The van der Waals surface area contributed by atoms with Gasteiger partial charge in [0.1, 0.15) is 11.5 Å². The van der Waals surface area contributed by atoms with E-state index in [1.807, 2.05) is 50.2 Å². The van der Waals surface area contributed by atoms with Crippen LogP contribution in [-0.4, -0.2) is 19.6 Å². The van der Waals surface area contributed by atoms with Crippen LogP contribution in [0.25, 0.3) is 0 Å². The Balaban J connectivity index is 1.88. The van der Waals surface area contributed by atoms with Crippen molar-refractivity contribution in [3.63, 3.8) is 0 Å². The summed E-state index contributed by atoms with van der Waals surface area (Å²) < 4.78 is 11.7. The predicted molar refractivity (Wildman–Crippen MR) is 94.0 cm³/mol. The second-order valence-corrected chi connectivity index (χ2v) is 6.18. The van der Waals surface area contributed by atoms with Gasteiger partial charge in [0, 0.05) is 16.6 Å². The van der Waals surface area contributed by atoms with Crippen LogP contribution in [0.5, 0.6) is 11.5 Å². The lowest BCUT2D eigenvalue weighted by Crippen LogP contribution is -2.28. The van der Waals surface area contributed by atoms with Crippen LogP contribution in [0.1, 0.15) is 16.7 Å². The normalized spacial score (nSPS) is 10.3. The van der Waals surface area contributed by atoms with Crippen molar-refractivity contribution in [3.8, 4) is 11.5 Å². The lowest BCUT2D eigenvalue weighted by molar-refractivity contribution is -0.123. The summed E-state index contributed by atoms with van der Waals surface area (Å²) in [5.41, 5.74) is 3.24. The molecule has 2 aromatic carbocycles. The first-order chi connectivity index (χ1) is 11.0. The third-order valence-corrected chi connectivity index (χ3v) is 4.06. The number of hydrogen-bond acceptors (Lipinski definition) is 3. The second-order valence-electron chi connectivity index (χ2n) is 5.27. The standard InChI is InChI=1S/C18H20BrNO3/c1-12-4-6-16(8-13(12)2)23-11-18(21)20-10-14-9-15(19)5-7-17(14)22-3/h4-9H,10-11H2,1-3H3,(H,20,21). The molecule has 0 radical (unpaired) electrons. The van der Waals surface area contributed by atoms with Crippen molar-refractivity contribution in [2.45, 2.75) is 20.4 Å². The molecular weight excluding hydrogens is 358 g/mol. The molecule has 0 unspecified atom stereocenters. The summed E-state index contributed by atoms with van der Waals surface area (Å²) in [6.07, 6.45) is 0. The number of benzene rings is 2. The van der Waals surface area contributed by atoms with E-state index in [9.17, 15) is 4.79 Å². The molecule has 122 valence electrons. The summed E-state index contributed by atoms with van der Waals surface area (Å²) in [5, 5.41) is 2.83. The molecular formula is C18H20BrNO3. The minimum atomic E-state index is -0.176. The van der Waals surface area contributed by atoms with E-state index in [2.05, 4.69) is 21.2 Å². The van der Waals surface area contributed by atoms with Crippen molar-refractivity contribution < 1.29 is 14.3 Å². The van der Waals surface area contributed by atoms with Crippen LogP contribution in [0.15, 0.2) is 40.9 Å². The maximum Gasteiger partial charge on any atom is 0.258 e. The van der Waals surface area contributed by atoms with Crippen molar-refractivity contribution in [3.05, 3.63) is 57.6 Å². The molecule has 2 aromatic rings. The minimum absolute atomic E-state index is 0.0151. The van der Waals surface area contributed by atoms with Crippen molar-refractivity contribution in [1.82, 2.24) is 5.32 Å². The quantitative estimate of drug-likeness (QED) is 0.833. The lowest BCUT2D eigenvalue weighted by atomic mass is 10.1. The molecule has 23 heavy (non-hydrogen) atoms. The van der Waals surface area contributed by atoms with Crippen molar-refractivity contribution in [2.24, 2.45) is 0 Å². The largest absolute Gasteiger partial charge is 0.496 e. The Hall–Kier alpha value is -2.01. The third-order valence-electron chi connectivity index (χ3n) is 3.57. The zero-order valence-electron chi connectivity index (χ0n) is 13.5. The predicted octanol–water partition coefficient (Wildman–Crippen LogP) is 3.77. The molecule has 2 rings (SSSR count). The number of hydrogen-bond donors (Lipinski definition) is 1. The summed E-state index contributed by atoms with van der Waals surface area (Å²) in [6, 6.07) is 11.5. The maximum absolute atomic E-state index is 11.9. The molecule has 4 nitrogen and oxygen atoms in total. The number of rotatable bonds is 6. The number of methoxy groups -OCH3 is 1. The van der Waals surface area contributed by atoms with Gasteiger partial charge in [-0.15, -0.1) is 0 Å². The first-order valence-electron chi connectivity index (χ1n) is 7.29. The minimum Gasteiger partial charge on any atom is -0.496 e. The van der Waals surface area contributed by atoms with Gasteiger partial charge in [-0.25, -0.2) is 0 Å². The fourth-order valence-electron chi connectivity index (χ4n) is 2.08. The highest BCUT2D eigenvalue weighted by Gasteiger charge is 2.07. The van der Waals surface area contributed by atoms with E-state index in [0.29, 0.717) is 12.3 Å². The Labute approximate surface area is 144 Å². The van der Waals surface area contributed by atoms with E-state index in [1.165, 1.54) is 5.56 Å². The summed E-state index contributed by atoms with van der Waals surface area (Å²) in [7, 11) is 1.61. The highest BCUT2D eigenvalue weighted by Crippen LogP contribution is 2.22. The Morgan fingerprint density at radius 3 is 2.61 bits per heavy atom. The van der Waals surface area contributed by atoms with Gasteiger partial charge in [-0.2, -0.15) is 0 Å². The Morgan fingerprint density at radius 1 is 1.13 bits per heavy atom. The van der Waals surface area contributed by atoms with Gasteiger partial charge < -0.3 is 14.8 Å². The zero-order valence-corrected chi connectivity index (χ0v) is 15.1. The molecule has 0 spiro atoms. The van der Waals surface area contributed by atoms with E-state index in [4.69, 9.17) is 9.47 Å². The summed E-state index contributed by atoms with van der Waals surface area (Å²) in [4.78, 5) is 11.9. The molecule has 0 aliphatic heterocycles. The number of carbonyl (C=O) groups excluding carboxylic acids is 1. The highest BCUT2D eigenvalue weighted by molar-refractivity contribution is 9.10. The first-order valence-corrected chi connectivity index (χ1v) is 8.08. The van der Waals surface area contributed by atoms with Gasteiger partial charge >= 0.3 is 0 Å². The third kappa shape index (κ3) is 4.99. The van der Waals surface area contributed by atoms with Gasteiger partial charge in [0.05, 0.1) is 7.11 Å². The molecule has 0 bridgehead atoms. The maximum atomic E-state index is 11.9. The molecule has 0 fully saturated rings. The van der Waals surface area contributed by atoms with Crippen LogP contribution < -0.4 is 14.8 Å². The Kier molecular flexibility index (Phi) is 6.04. The number of ether oxygens (including phenoxy) is 2. The second kappa shape index (κ2) is 8.02. The Morgan fingerprint density at radius 2 is 1.91 bits per heavy atom. The Bertz CT molecular complexity index is 701. The van der Waals surface area contributed by atoms with Crippen LogP contribution >= 0.6 is 15.9 Å². The van der Waals surface area contributed by atoms with Crippen LogP contribution in [0.2, 0.25) is 0 Å². The lowest BCUT2D eigenvalue weighted by Gasteiger charge is -2.11. The topological polar surface area (TPSA) is 47.6 Å². The number of halogens is 1. The molecule has 0 saturated carbocycles. The van der Waals surface area contributed by atoms with Crippen molar-refractivity contribution in [2.75, 3.05) is 13.7 Å². The zero-order chi connectivity index (χ0) is 16.8. The van der Waals surface area contributed by atoms with E-state index in [-0.39, 0.29) is 12.5 Å². The molecule has 1 N–H and O–H groups in total. The molecule has 0 saturated heterocycles. The van der Waals surface area contributed by atoms with E-state index < -0.39 is 0 Å². The van der Waals surface area contributed by atoms with Crippen molar-refractivity contribution in [1.29, 1.82) is 0 Å². The smallest absolute Gasteiger partial charge is 0.258 e. The molecule has 5 heteroatoms. The average molecular weight is 378 g/mol. The van der Waals surface area contributed by atoms with Crippen LogP contribution in [0.4, 0.5) is 0 Å². The number of aryl methyl sites for hydroxylation is 2. The average Bonchev–Trinajstić information content (AvgIpc) is 2.54. The SMILES string of the molecule is COc1ccc(Br)cc1CNC(=O)COc1ccc(C)c(C)c1. The van der Waals surface area contributed by atoms with E-state index in [0.717, 1.165) is 21.3 Å². The van der Waals surface area contributed by atoms with Gasteiger partial charge in [0.25, 0.3) is 5.91 Å². The van der Waals surface area contributed by atoms with Gasteiger partial charge in [-0.05, 0) is 55.3 Å². The van der Waals surface area contributed by atoms with Gasteiger partial charge in [-0.3, -0.25) is 4.79 Å². The fraction of sp³-hybridized carbons (Fsp3) is 0.278. The van der Waals surface area contributed by atoms with Gasteiger partial charge in [-0.1, -0.05) is 22.0 Å². The molecule has 0 aliphatic carbocycles. The van der Waals surface area contributed by atoms with Gasteiger partial charge in [0.2, 0.25) is 0 Å². The monoisotopic (exact) mass is 377 g/mol. The summed E-state index contributed by atoms with van der Waals surface area (Å²) in [5.74, 6) is 1.26. The van der Waals surface area contributed by atoms with Gasteiger partial charge in [0.15, 0.2) is 6.61 Å². The number of amides is 1. The molecule has 0 atom stereocenters. The fourth-order valence-corrected chi connectivity index (χ4v) is 2.49. The number of carbonyl (C=O) groups is 1. The highest BCUT2D eigenvalue weighted by atomic mass is 79.9. The molecule has 0 aromatic heterocycles. The summed E-state index contributed by atoms with van der Waals surface area (Å²) in [6.45, 7) is 4.43. The van der Waals surface area contributed by atoms with Crippen LogP contribution in [-0.2, 0) is 11.3 Å².